The summed E-state index contributed by atoms with van der Waals surface area (Å²) in [6.07, 6.45) is -1.37. The molecule has 7 aromatic rings. The van der Waals surface area contributed by atoms with E-state index in [9.17, 15) is 10.2 Å². The predicted octanol–water partition coefficient (Wildman–Crippen LogP) is 5.77. The molecule has 0 aliphatic rings. The Labute approximate surface area is 289 Å². The van der Waals surface area contributed by atoms with Gasteiger partial charge < -0.3 is 49.8 Å². The molecule has 0 amide bonds. The molecule has 5 aromatic carbocycles. The lowest BCUT2D eigenvalue weighted by Crippen LogP contribution is -2.34. The largest absolute Gasteiger partial charge is 0.490 e. The molecule has 0 fully saturated rings. The van der Waals surface area contributed by atoms with E-state index in [-0.39, 0.29) is 13.2 Å². The number of nitrogens with one attached hydrogen (secondary N) is 4. The van der Waals surface area contributed by atoms with E-state index in [1.165, 1.54) is 0 Å². The minimum Gasteiger partial charge on any atom is -0.490 e. The monoisotopic (exact) mass is 674 g/mol. The van der Waals surface area contributed by atoms with Crippen LogP contribution in [0.3, 0.4) is 0 Å². The van der Waals surface area contributed by atoms with Crippen molar-refractivity contribution in [2.75, 3.05) is 52.6 Å². The minimum atomic E-state index is -0.683. The minimum absolute atomic E-state index is 0.169. The van der Waals surface area contributed by atoms with Gasteiger partial charge in [0.15, 0.2) is 11.5 Å². The molecule has 0 aliphatic carbocycles. The molecule has 0 bridgehead atoms. The molecule has 0 saturated carbocycles. The molecule has 0 aliphatic heterocycles. The van der Waals surface area contributed by atoms with Crippen LogP contribution >= 0.6 is 0 Å². The van der Waals surface area contributed by atoms with Crippen LogP contribution in [0.25, 0.3) is 43.6 Å². The van der Waals surface area contributed by atoms with Crippen LogP contribution < -0.4 is 29.6 Å². The van der Waals surface area contributed by atoms with Crippen molar-refractivity contribution in [2.24, 2.45) is 0 Å². The number of rotatable bonds is 18. The highest BCUT2D eigenvalue weighted by molar-refractivity contribution is 6.11. The predicted molar refractivity (Wildman–Crippen MR) is 198 cm³/mol. The lowest BCUT2D eigenvalue weighted by atomic mass is 10.1. The van der Waals surface area contributed by atoms with Crippen LogP contribution in [0.15, 0.2) is 109 Å². The van der Waals surface area contributed by atoms with Gasteiger partial charge in [-0.3, -0.25) is 0 Å². The van der Waals surface area contributed by atoms with E-state index in [4.69, 9.17) is 18.9 Å². The lowest BCUT2D eigenvalue weighted by Gasteiger charge is -2.16. The smallest absolute Gasteiger partial charge is 0.161 e. The maximum absolute atomic E-state index is 10.5. The maximum atomic E-state index is 10.5. The molecular formula is C40H42N4O6. The summed E-state index contributed by atoms with van der Waals surface area (Å²) in [5.41, 5.74) is 4.12. The summed E-state index contributed by atoms with van der Waals surface area (Å²) in [5, 5.41) is 31.8. The van der Waals surface area contributed by atoms with Gasteiger partial charge in [-0.15, -0.1) is 0 Å². The fourth-order valence-electron chi connectivity index (χ4n) is 6.16. The summed E-state index contributed by atoms with van der Waals surface area (Å²) in [7, 11) is 0. The Bertz CT molecular complexity index is 2010. The van der Waals surface area contributed by atoms with Gasteiger partial charge in [-0.2, -0.15) is 0 Å². The molecule has 7 rings (SSSR count). The summed E-state index contributed by atoms with van der Waals surface area (Å²) in [6, 6.07) is 35.6. The number of aromatic nitrogens is 2. The Balaban J connectivity index is 0.788. The van der Waals surface area contributed by atoms with E-state index in [1.807, 2.05) is 97.1 Å². The third-order valence-electron chi connectivity index (χ3n) is 8.53. The van der Waals surface area contributed by atoms with E-state index in [2.05, 4.69) is 32.7 Å². The number of aromatic amines is 2. The standard InChI is InChI=1S/C40H42N4O6/c45-27(25-49-37-17-7-13-33-39(37)29-9-1-3-11-31(29)43-33)23-41-19-21-47-35-15-5-6-16-36(35)48-22-20-42-24-28(46)26-50-38-18-8-14-34-40(38)30-10-2-4-12-32(30)44-34/h1-18,27-28,41-46H,19-26H2. The first kappa shape index (κ1) is 33.2. The molecule has 2 aromatic heterocycles. The van der Waals surface area contributed by atoms with E-state index in [0.29, 0.717) is 50.9 Å². The second-order valence-electron chi connectivity index (χ2n) is 12.2. The molecule has 2 unspecified atom stereocenters. The molecule has 0 saturated heterocycles. The SMILES string of the molecule is OC(CNCCOc1ccccc1OCCNCC(O)COc1cccc2[nH]c3ccccc3c12)COc1cccc2[nH]c3ccccc3c12. The van der Waals surface area contributed by atoms with Crippen molar-refractivity contribution in [3.05, 3.63) is 109 Å². The Morgan fingerprint density at radius 3 is 1.34 bits per heavy atom. The number of aliphatic hydroxyl groups is 2. The van der Waals surface area contributed by atoms with E-state index in [0.717, 1.165) is 55.1 Å². The first-order chi connectivity index (χ1) is 24.6. The Morgan fingerprint density at radius 2 is 0.860 bits per heavy atom. The van der Waals surface area contributed by atoms with Gasteiger partial charge in [-0.1, -0.05) is 60.7 Å². The van der Waals surface area contributed by atoms with Crippen LogP contribution in [0.2, 0.25) is 0 Å². The second kappa shape index (κ2) is 16.0. The van der Waals surface area contributed by atoms with Crippen molar-refractivity contribution in [1.29, 1.82) is 0 Å². The molecule has 2 atom stereocenters. The fourth-order valence-corrected chi connectivity index (χ4v) is 6.16. The summed E-state index contributed by atoms with van der Waals surface area (Å²) in [6.45, 7) is 2.96. The second-order valence-corrected chi connectivity index (χ2v) is 12.2. The quantitative estimate of drug-likeness (QED) is 0.0633. The zero-order valence-corrected chi connectivity index (χ0v) is 27.7. The van der Waals surface area contributed by atoms with E-state index >= 15 is 0 Å². The van der Waals surface area contributed by atoms with Gasteiger partial charge in [0.1, 0.15) is 50.1 Å². The first-order valence-electron chi connectivity index (χ1n) is 17.0. The Morgan fingerprint density at radius 1 is 0.460 bits per heavy atom. The van der Waals surface area contributed by atoms with Crippen molar-refractivity contribution in [1.82, 2.24) is 20.6 Å². The maximum Gasteiger partial charge on any atom is 0.161 e. The molecule has 6 N–H and O–H groups in total. The molecule has 258 valence electrons. The van der Waals surface area contributed by atoms with Crippen molar-refractivity contribution >= 4 is 43.6 Å². The van der Waals surface area contributed by atoms with Gasteiger partial charge in [0.2, 0.25) is 0 Å². The summed E-state index contributed by atoms with van der Waals surface area (Å²) >= 11 is 0. The van der Waals surface area contributed by atoms with Crippen molar-refractivity contribution in [3.8, 4) is 23.0 Å². The molecule has 50 heavy (non-hydrogen) atoms. The van der Waals surface area contributed by atoms with Gasteiger partial charge in [-0.05, 0) is 48.5 Å². The highest BCUT2D eigenvalue weighted by Gasteiger charge is 2.13. The zero-order valence-electron chi connectivity index (χ0n) is 27.7. The van der Waals surface area contributed by atoms with Crippen LogP contribution in [-0.2, 0) is 0 Å². The van der Waals surface area contributed by atoms with Gasteiger partial charge in [0, 0.05) is 58.8 Å². The van der Waals surface area contributed by atoms with Crippen LogP contribution in [0.1, 0.15) is 0 Å². The molecule has 10 heteroatoms. The Kier molecular flexibility index (Phi) is 10.6. The number of para-hydroxylation sites is 4. The van der Waals surface area contributed by atoms with Gasteiger partial charge in [0.05, 0.1) is 11.0 Å². The van der Waals surface area contributed by atoms with Gasteiger partial charge in [0.25, 0.3) is 0 Å². The summed E-state index contributed by atoms with van der Waals surface area (Å²) in [4.78, 5) is 6.83. The summed E-state index contributed by atoms with van der Waals surface area (Å²) in [5.74, 6) is 2.78. The number of hydrogen-bond donors (Lipinski definition) is 6. The van der Waals surface area contributed by atoms with Gasteiger partial charge in [-0.25, -0.2) is 0 Å². The average molecular weight is 675 g/mol. The molecular weight excluding hydrogens is 632 g/mol. The highest BCUT2D eigenvalue weighted by Crippen LogP contribution is 2.34. The normalized spacial score (nSPS) is 12.8. The molecule has 0 radical (unpaired) electrons. The topological polar surface area (TPSA) is 133 Å². The molecule has 2 heterocycles. The first-order valence-corrected chi connectivity index (χ1v) is 17.0. The van der Waals surface area contributed by atoms with Crippen LogP contribution in [-0.4, -0.2) is 85.0 Å². The van der Waals surface area contributed by atoms with Gasteiger partial charge >= 0.3 is 0 Å². The third-order valence-corrected chi connectivity index (χ3v) is 8.53. The van der Waals surface area contributed by atoms with Crippen molar-refractivity contribution in [3.63, 3.8) is 0 Å². The lowest BCUT2D eigenvalue weighted by molar-refractivity contribution is 0.106. The number of H-pyrrole nitrogens is 2. The number of ether oxygens (including phenoxy) is 4. The molecule has 0 spiro atoms. The van der Waals surface area contributed by atoms with E-state index in [1.54, 1.807) is 0 Å². The Hall–Kier alpha value is -5.26. The number of aliphatic hydroxyl groups excluding tert-OH is 2. The summed E-state index contributed by atoms with van der Waals surface area (Å²) < 4.78 is 24.0. The van der Waals surface area contributed by atoms with Crippen molar-refractivity contribution < 1.29 is 29.2 Å². The average Bonchev–Trinajstić information content (AvgIpc) is 3.72. The third kappa shape index (κ3) is 7.79. The zero-order chi connectivity index (χ0) is 34.1. The van der Waals surface area contributed by atoms with E-state index < -0.39 is 12.2 Å². The highest BCUT2D eigenvalue weighted by atomic mass is 16.5. The van der Waals surface area contributed by atoms with Crippen molar-refractivity contribution in [2.45, 2.75) is 12.2 Å². The van der Waals surface area contributed by atoms with Crippen LogP contribution in [0.4, 0.5) is 0 Å². The number of fused-ring (bicyclic) bond motifs is 6. The molecule has 10 nitrogen and oxygen atoms in total. The number of hydrogen-bond acceptors (Lipinski definition) is 8. The van der Waals surface area contributed by atoms with Crippen LogP contribution in [0.5, 0.6) is 23.0 Å². The fraction of sp³-hybridized carbons (Fsp3) is 0.250. The van der Waals surface area contributed by atoms with Crippen LogP contribution in [0, 0.1) is 0 Å². The number of benzene rings is 5.